The van der Waals surface area contributed by atoms with Crippen LogP contribution in [-0.4, -0.2) is 46.1 Å². The highest BCUT2D eigenvalue weighted by Crippen LogP contribution is 2.38. The molecule has 0 radical (unpaired) electrons. The Balaban J connectivity index is 1.49. The summed E-state index contributed by atoms with van der Waals surface area (Å²) < 4.78 is 12.6. The van der Waals surface area contributed by atoms with Gasteiger partial charge in [-0.15, -0.1) is 21.5 Å². The van der Waals surface area contributed by atoms with Crippen LogP contribution in [0.5, 0.6) is 5.75 Å². The van der Waals surface area contributed by atoms with Gasteiger partial charge in [0.15, 0.2) is 11.0 Å². The maximum atomic E-state index is 12.9. The second-order valence-electron chi connectivity index (χ2n) is 8.11. The summed E-state index contributed by atoms with van der Waals surface area (Å²) in [4.78, 5) is 26.8. The molecule has 1 aromatic carbocycles. The zero-order chi connectivity index (χ0) is 24.8. The molecule has 0 saturated heterocycles. The number of rotatable bonds is 9. The number of esters is 1. The zero-order valence-electron chi connectivity index (χ0n) is 20.3. The molecular formula is C25H30N4O4S2. The van der Waals surface area contributed by atoms with Crippen molar-refractivity contribution in [1.82, 2.24) is 14.8 Å². The number of nitrogens with zero attached hydrogens (tertiary/aromatic N) is 3. The smallest absolute Gasteiger partial charge is 0.341 e. The van der Waals surface area contributed by atoms with Crippen LogP contribution in [0.4, 0.5) is 5.00 Å². The summed E-state index contributed by atoms with van der Waals surface area (Å²) in [7, 11) is 1.63. The van der Waals surface area contributed by atoms with E-state index in [1.807, 2.05) is 35.8 Å². The number of carbonyl (C=O) groups excluding carboxylic acids is 2. The van der Waals surface area contributed by atoms with E-state index in [0.29, 0.717) is 28.9 Å². The lowest BCUT2D eigenvalue weighted by molar-refractivity contribution is -0.113. The first kappa shape index (κ1) is 25.2. The molecule has 1 amide bonds. The van der Waals surface area contributed by atoms with Crippen molar-refractivity contribution in [3.05, 3.63) is 40.3 Å². The van der Waals surface area contributed by atoms with Crippen LogP contribution in [0.15, 0.2) is 29.4 Å². The van der Waals surface area contributed by atoms with E-state index in [-0.39, 0.29) is 17.6 Å². The lowest BCUT2D eigenvalue weighted by Crippen LogP contribution is -2.17. The fourth-order valence-electron chi connectivity index (χ4n) is 4.20. The average Bonchev–Trinajstić information content (AvgIpc) is 3.35. The van der Waals surface area contributed by atoms with Gasteiger partial charge in [0.25, 0.3) is 0 Å². The first-order valence-electron chi connectivity index (χ1n) is 11.9. The highest BCUT2D eigenvalue weighted by molar-refractivity contribution is 7.99. The minimum Gasteiger partial charge on any atom is -0.497 e. The number of thioether (sulfide) groups is 1. The van der Waals surface area contributed by atoms with Crippen LogP contribution >= 0.6 is 23.1 Å². The molecule has 2 heterocycles. The number of benzene rings is 1. The Morgan fingerprint density at radius 1 is 1.17 bits per heavy atom. The number of methoxy groups -OCH3 is 1. The summed E-state index contributed by atoms with van der Waals surface area (Å²) in [5.74, 6) is 1.07. The standard InChI is InChI=1S/C25H30N4O4S2/c1-4-29-22(16-10-9-11-17(14-16)32-3)27-28-25(29)34-15-20(30)26-23-21(24(31)33-5-2)18-12-7-6-8-13-19(18)35-23/h9-11,14H,4-8,12-13,15H2,1-3H3,(H,26,30). The quantitative estimate of drug-likeness (QED) is 0.238. The minimum absolute atomic E-state index is 0.154. The lowest BCUT2D eigenvalue weighted by Gasteiger charge is -2.09. The molecule has 186 valence electrons. The number of anilines is 1. The molecule has 0 spiro atoms. The molecular weight excluding hydrogens is 484 g/mol. The third-order valence-electron chi connectivity index (χ3n) is 5.85. The topological polar surface area (TPSA) is 95.3 Å². The van der Waals surface area contributed by atoms with E-state index in [1.54, 1.807) is 14.0 Å². The van der Waals surface area contributed by atoms with Gasteiger partial charge in [0, 0.05) is 17.0 Å². The van der Waals surface area contributed by atoms with Crippen molar-refractivity contribution in [1.29, 1.82) is 0 Å². The Bertz CT molecular complexity index is 1200. The Morgan fingerprint density at radius 2 is 2.00 bits per heavy atom. The highest BCUT2D eigenvalue weighted by Gasteiger charge is 2.27. The van der Waals surface area contributed by atoms with Crippen LogP contribution in [-0.2, 0) is 28.9 Å². The van der Waals surface area contributed by atoms with Gasteiger partial charge in [-0.1, -0.05) is 30.3 Å². The Hall–Kier alpha value is -2.85. The van der Waals surface area contributed by atoms with E-state index >= 15 is 0 Å². The molecule has 0 bridgehead atoms. The van der Waals surface area contributed by atoms with Gasteiger partial charge in [-0.05, 0) is 57.2 Å². The molecule has 3 aromatic rings. The van der Waals surface area contributed by atoms with Crippen molar-refractivity contribution < 1.29 is 19.1 Å². The van der Waals surface area contributed by atoms with Crippen molar-refractivity contribution in [2.24, 2.45) is 0 Å². The number of aryl methyl sites for hydroxylation is 1. The second kappa shape index (κ2) is 11.7. The van der Waals surface area contributed by atoms with Gasteiger partial charge in [-0.25, -0.2) is 4.79 Å². The van der Waals surface area contributed by atoms with Crippen LogP contribution < -0.4 is 10.1 Å². The number of amides is 1. The number of carbonyl (C=O) groups is 2. The molecule has 4 rings (SSSR count). The van der Waals surface area contributed by atoms with Crippen LogP contribution in [0.1, 0.15) is 53.9 Å². The molecule has 35 heavy (non-hydrogen) atoms. The van der Waals surface area contributed by atoms with Crippen LogP contribution in [0, 0.1) is 0 Å². The van der Waals surface area contributed by atoms with E-state index in [4.69, 9.17) is 9.47 Å². The molecule has 0 saturated carbocycles. The molecule has 8 nitrogen and oxygen atoms in total. The fraction of sp³-hybridized carbons (Fsp3) is 0.440. The predicted molar refractivity (Wildman–Crippen MR) is 139 cm³/mol. The maximum Gasteiger partial charge on any atom is 0.341 e. The average molecular weight is 515 g/mol. The number of aromatic nitrogens is 3. The molecule has 0 fully saturated rings. The normalized spacial score (nSPS) is 13.1. The van der Waals surface area contributed by atoms with E-state index in [9.17, 15) is 9.59 Å². The van der Waals surface area contributed by atoms with Gasteiger partial charge in [-0.3, -0.25) is 4.79 Å². The monoisotopic (exact) mass is 514 g/mol. The maximum absolute atomic E-state index is 12.9. The van der Waals surface area contributed by atoms with Crippen molar-refractivity contribution in [3.8, 4) is 17.1 Å². The molecule has 1 aliphatic rings. The van der Waals surface area contributed by atoms with E-state index in [0.717, 1.165) is 54.8 Å². The van der Waals surface area contributed by atoms with E-state index < -0.39 is 0 Å². The van der Waals surface area contributed by atoms with Gasteiger partial charge in [0.2, 0.25) is 5.91 Å². The third kappa shape index (κ3) is 5.70. The number of ether oxygens (including phenoxy) is 2. The fourth-order valence-corrected chi connectivity index (χ4v) is 6.29. The Labute approximate surface area is 213 Å². The molecule has 1 N–H and O–H groups in total. The minimum atomic E-state index is -0.358. The first-order chi connectivity index (χ1) is 17.0. The summed E-state index contributed by atoms with van der Waals surface area (Å²) in [6.45, 7) is 4.77. The van der Waals surface area contributed by atoms with Crippen molar-refractivity contribution in [2.45, 2.75) is 57.7 Å². The van der Waals surface area contributed by atoms with Gasteiger partial charge in [0.1, 0.15) is 10.8 Å². The van der Waals surface area contributed by atoms with Crippen LogP contribution in [0.25, 0.3) is 11.4 Å². The molecule has 2 aromatic heterocycles. The number of hydrogen-bond acceptors (Lipinski definition) is 8. The summed E-state index contributed by atoms with van der Waals surface area (Å²) in [5.41, 5.74) is 2.47. The highest BCUT2D eigenvalue weighted by atomic mass is 32.2. The summed E-state index contributed by atoms with van der Waals surface area (Å²) in [5, 5.41) is 12.9. The van der Waals surface area contributed by atoms with E-state index in [2.05, 4.69) is 15.5 Å². The number of hydrogen-bond donors (Lipinski definition) is 1. The Morgan fingerprint density at radius 3 is 2.77 bits per heavy atom. The third-order valence-corrected chi connectivity index (χ3v) is 8.02. The molecule has 10 heteroatoms. The van der Waals surface area contributed by atoms with Crippen LogP contribution in [0.3, 0.4) is 0 Å². The van der Waals surface area contributed by atoms with Crippen molar-refractivity contribution in [3.63, 3.8) is 0 Å². The second-order valence-corrected chi connectivity index (χ2v) is 10.2. The van der Waals surface area contributed by atoms with Gasteiger partial charge in [-0.2, -0.15) is 0 Å². The molecule has 0 aliphatic heterocycles. The largest absolute Gasteiger partial charge is 0.497 e. The number of thiophene rings is 1. The SMILES string of the molecule is CCOC(=O)c1c(NC(=O)CSc2nnc(-c3cccc(OC)c3)n2CC)sc2c1CCCCC2. The number of nitrogens with one attached hydrogen (secondary N) is 1. The van der Waals surface area contributed by atoms with Crippen molar-refractivity contribution in [2.75, 3.05) is 24.8 Å². The lowest BCUT2D eigenvalue weighted by atomic mass is 10.1. The summed E-state index contributed by atoms with van der Waals surface area (Å²) >= 11 is 2.83. The molecule has 1 aliphatic carbocycles. The predicted octanol–water partition coefficient (Wildman–Crippen LogP) is 5.21. The summed E-state index contributed by atoms with van der Waals surface area (Å²) in [6, 6.07) is 7.66. The first-order valence-corrected chi connectivity index (χ1v) is 13.7. The summed E-state index contributed by atoms with van der Waals surface area (Å²) in [6.07, 6.45) is 5.07. The van der Waals surface area contributed by atoms with Crippen LogP contribution in [0.2, 0.25) is 0 Å². The Kier molecular flexibility index (Phi) is 8.46. The zero-order valence-corrected chi connectivity index (χ0v) is 21.9. The molecule has 0 atom stereocenters. The van der Waals surface area contributed by atoms with E-state index in [1.165, 1.54) is 28.0 Å². The number of fused-ring (bicyclic) bond motifs is 1. The van der Waals surface area contributed by atoms with Gasteiger partial charge >= 0.3 is 5.97 Å². The molecule has 0 unspecified atom stereocenters. The van der Waals surface area contributed by atoms with Gasteiger partial charge < -0.3 is 19.4 Å². The van der Waals surface area contributed by atoms with Gasteiger partial charge in [0.05, 0.1) is 25.0 Å². The van der Waals surface area contributed by atoms with Crippen molar-refractivity contribution >= 4 is 40.0 Å².